The molecule has 1 N–H and O–H groups in total. The number of hydrogen-bond acceptors (Lipinski definition) is 2. The van der Waals surface area contributed by atoms with Crippen LogP contribution in [0.1, 0.15) is 0 Å². The first kappa shape index (κ1) is 8.23. The molecule has 0 atom stereocenters. The lowest BCUT2D eigenvalue weighted by Gasteiger charge is -1.89. The summed E-state index contributed by atoms with van der Waals surface area (Å²) < 4.78 is 2.02. The Bertz CT molecular complexity index is 573. The second-order valence-corrected chi connectivity index (χ2v) is 3.54. The van der Waals surface area contributed by atoms with E-state index in [9.17, 15) is 0 Å². The summed E-state index contributed by atoms with van der Waals surface area (Å²) in [7, 11) is 2.00. The van der Waals surface area contributed by atoms with Crippen molar-refractivity contribution in [2.75, 3.05) is 0 Å². The standard InChI is InChI=1S/C11H10N4/c1-15-5-2-8(7-15)9-6-10-11(14-9)13-4-3-12-10/h2-7H,1H3,(H,13,14). The lowest BCUT2D eigenvalue weighted by atomic mass is 10.2. The van der Waals surface area contributed by atoms with E-state index in [1.54, 1.807) is 12.4 Å². The summed E-state index contributed by atoms with van der Waals surface area (Å²) >= 11 is 0. The van der Waals surface area contributed by atoms with E-state index in [1.807, 2.05) is 23.9 Å². The minimum Gasteiger partial charge on any atom is -0.357 e. The van der Waals surface area contributed by atoms with E-state index in [4.69, 9.17) is 0 Å². The zero-order valence-electron chi connectivity index (χ0n) is 8.31. The van der Waals surface area contributed by atoms with Gasteiger partial charge in [-0.1, -0.05) is 0 Å². The zero-order valence-corrected chi connectivity index (χ0v) is 8.31. The number of fused-ring (bicyclic) bond motifs is 1. The fourth-order valence-corrected chi connectivity index (χ4v) is 1.67. The number of hydrogen-bond donors (Lipinski definition) is 1. The molecule has 0 fully saturated rings. The molecule has 0 aliphatic heterocycles. The Kier molecular flexibility index (Phi) is 1.62. The SMILES string of the molecule is Cn1ccc(-c2cc3nccnc3[nH]2)c1. The van der Waals surface area contributed by atoms with Gasteiger partial charge in [-0.3, -0.25) is 4.98 Å². The molecule has 74 valence electrons. The Labute approximate surface area is 86.6 Å². The Balaban J connectivity index is 2.19. The number of aromatic amines is 1. The lowest BCUT2D eigenvalue weighted by molar-refractivity contribution is 0.928. The molecule has 3 aromatic heterocycles. The summed E-state index contributed by atoms with van der Waals surface area (Å²) in [5.74, 6) is 0. The number of nitrogens with zero attached hydrogens (tertiary/aromatic N) is 3. The number of H-pyrrole nitrogens is 1. The molecule has 0 bridgehead atoms. The van der Waals surface area contributed by atoms with E-state index in [-0.39, 0.29) is 0 Å². The molecule has 0 saturated heterocycles. The van der Waals surface area contributed by atoms with Gasteiger partial charge in [0.1, 0.15) is 5.52 Å². The zero-order chi connectivity index (χ0) is 10.3. The van der Waals surface area contributed by atoms with Gasteiger partial charge in [-0.15, -0.1) is 0 Å². The van der Waals surface area contributed by atoms with Crippen LogP contribution in [0.2, 0.25) is 0 Å². The maximum Gasteiger partial charge on any atom is 0.156 e. The fraction of sp³-hybridized carbons (Fsp3) is 0.0909. The molecule has 4 heteroatoms. The van der Waals surface area contributed by atoms with Crippen molar-refractivity contribution in [3.63, 3.8) is 0 Å². The number of aryl methyl sites for hydroxylation is 1. The third-order valence-electron chi connectivity index (χ3n) is 2.40. The van der Waals surface area contributed by atoms with Gasteiger partial charge in [0.2, 0.25) is 0 Å². The predicted octanol–water partition coefficient (Wildman–Crippen LogP) is 1.96. The van der Waals surface area contributed by atoms with Gasteiger partial charge in [-0.2, -0.15) is 0 Å². The van der Waals surface area contributed by atoms with Gasteiger partial charge in [0.25, 0.3) is 0 Å². The molecule has 0 saturated carbocycles. The lowest BCUT2D eigenvalue weighted by Crippen LogP contribution is -1.79. The molecular formula is C11H10N4. The molecule has 15 heavy (non-hydrogen) atoms. The molecule has 0 spiro atoms. The average Bonchev–Trinajstić information content (AvgIpc) is 2.82. The Morgan fingerprint density at radius 3 is 2.87 bits per heavy atom. The van der Waals surface area contributed by atoms with Crippen LogP contribution in [0.5, 0.6) is 0 Å². The van der Waals surface area contributed by atoms with Crippen molar-refractivity contribution in [3.8, 4) is 11.3 Å². The van der Waals surface area contributed by atoms with Crippen LogP contribution in [0.4, 0.5) is 0 Å². The van der Waals surface area contributed by atoms with Crippen LogP contribution in [-0.2, 0) is 7.05 Å². The Morgan fingerprint density at radius 1 is 1.27 bits per heavy atom. The third kappa shape index (κ3) is 1.30. The number of aromatic nitrogens is 4. The maximum absolute atomic E-state index is 4.23. The van der Waals surface area contributed by atoms with Crippen molar-refractivity contribution in [2.24, 2.45) is 7.05 Å². The van der Waals surface area contributed by atoms with Gasteiger partial charge in [0.15, 0.2) is 5.65 Å². The molecule has 0 aliphatic carbocycles. The van der Waals surface area contributed by atoms with Gasteiger partial charge in [-0.25, -0.2) is 4.98 Å². The summed E-state index contributed by atoms with van der Waals surface area (Å²) in [6.45, 7) is 0. The van der Waals surface area contributed by atoms with Crippen LogP contribution in [0, 0.1) is 0 Å². The first-order valence-corrected chi connectivity index (χ1v) is 4.75. The number of rotatable bonds is 1. The topological polar surface area (TPSA) is 46.5 Å². The smallest absolute Gasteiger partial charge is 0.156 e. The highest BCUT2D eigenvalue weighted by Crippen LogP contribution is 2.21. The predicted molar refractivity (Wildman–Crippen MR) is 58.3 cm³/mol. The largest absolute Gasteiger partial charge is 0.357 e. The normalized spacial score (nSPS) is 11.0. The molecule has 0 radical (unpaired) electrons. The first-order valence-electron chi connectivity index (χ1n) is 4.75. The van der Waals surface area contributed by atoms with Gasteiger partial charge >= 0.3 is 0 Å². The maximum atomic E-state index is 4.23. The summed E-state index contributed by atoms with van der Waals surface area (Å²) in [5.41, 5.74) is 3.93. The third-order valence-corrected chi connectivity index (χ3v) is 2.40. The van der Waals surface area contributed by atoms with Crippen LogP contribution in [0.25, 0.3) is 22.4 Å². The van der Waals surface area contributed by atoms with E-state index in [0.717, 1.165) is 22.4 Å². The van der Waals surface area contributed by atoms with E-state index in [1.165, 1.54) is 0 Å². The Morgan fingerprint density at radius 2 is 2.13 bits per heavy atom. The van der Waals surface area contributed by atoms with E-state index >= 15 is 0 Å². The first-order chi connectivity index (χ1) is 7.33. The molecule has 0 unspecified atom stereocenters. The van der Waals surface area contributed by atoms with Crippen molar-refractivity contribution < 1.29 is 0 Å². The van der Waals surface area contributed by atoms with Crippen LogP contribution in [0.15, 0.2) is 36.9 Å². The van der Waals surface area contributed by atoms with Gasteiger partial charge in [-0.05, 0) is 12.1 Å². The van der Waals surface area contributed by atoms with Gasteiger partial charge in [0.05, 0.1) is 5.69 Å². The monoisotopic (exact) mass is 198 g/mol. The second kappa shape index (κ2) is 2.95. The van der Waals surface area contributed by atoms with Gasteiger partial charge < -0.3 is 9.55 Å². The molecular weight excluding hydrogens is 188 g/mol. The van der Waals surface area contributed by atoms with Crippen molar-refractivity contribution in [1.82, 2.24) is 19.5 Å². The van der Waals surface area contributed by atoms with Crippen molar-refractivity contribution in [3.05, 3.63) is 36.9 Å². The molecule has 0 aromatic carbocycles. The molecule has 3 aromatic rings. The highest BCUT2D eigenvalue weighted by molar-refractivity contribution is 5.79. The highest BCUT2D eigenvalue weighted by Gasteiger charge is 2.04. The van der Waals surface area contributed by atoms with Crippen molar-refractivity contribution in [2.45, 2.75) is 0 Å². The van der Waals surface area contributed by atoms with E-state index in [2.05, 4.69) is 27.2 Å². The van der Waals surface area contributed by atoms with Crippen molar-refractivity contribution in [1.29, 1.82) is 0 Å². The van der Waals surface area contributed by atoms with Crippen LogP contribution < -0.4 is 0 Å². The van der Waals surface area contributed by atoms with E-state index in [0.29, 0.717) is 0 Å². The summed E-state index contributed by atoms with van der Waals surface area (Å²) in [6, 6.07) is 4.07. The molecule has 0 amide bonds. The fourth-order valence-electron chi connectivity index (χ4n) is 1.67. The Hall–Kier alpha value is -2.10. The van der Waals surface area contributed by atoms with E-state index < -0.39 is 0 Å². The average molecular weight is 198 g/mol. The van der Waals surface area contributed by atoms with Gasteiger partial charge in [0, 0.05) is 37.4 Å². The molecule has 3 heterocycles. The van der Waals surface area contributed by atoms with Crippen LogP contribution in [0.3, 0.4) is 0 Å². The summed E-state index contributed by atoms with van der Waals surface area (Å²) in [4.78, 5) is 11.7. The quantitative estimate of drug-likeness (QED) is 0.649. The van der Waals surface area contributed by atoms with Crippen LogP contribution >= 0.6 is 0 Å². The summed E-state index contributed by atoms with van der Waals surface area (Å²) in [5, 5.41) is 0. The second-order valence-electron chi connectivity index (χ2n) is 3.54. The summed E-state index contributed by atoms with van der Waals surface area (Å²) in [6.07, 6.45) is 7.46. The molecule has 3 rings (SSSR count). The number of nitrogens with one attached hydrogen (secondary N) is 1. The van der Waals surface area contributed by atoms with Crippen molar-refractivity contribution >= 4 is 11.2 Å². The minimum absolute atomic E-state index is 0.830. The van der Waals surface area contributed by atoms with Crippen LogP contribution in [-0.4, -0.2) is 19.5 Å². The molecule has 4 nitrogen and oxygen atoms in total. The highest BCUT2D eigenvalue weighted by atomic mass is 14.9. The molecule has 0 aliphatic rings. The minimum atomic E-state index is 0.830.